The topological polar surface area (TPSA) is 15.8 Å². The van der Waals surface area contributed by atoms with Crippen LogP contribution in [-0.2, 0) is 0 Å². The number of aromatic nitrogens is 1. The molecule has 0 fully saturated rings. The molecule has 1 aromatic rings. The molecule has 1 aliphatic carbocycles. The van der Waals surface area contributed by atoms with Crippen LogP contribution in [0.1, 0.15) is 65.0 Å². The predicted molar refractivity (Wildman–Crippen MR) is 89.7 cm³/mol. The zero-order valence-corrected chi connectivity index (χ0v) is 13.3. The number of aromatic amines is 1. The summed E-state index contributed by atoms with van der Waals surface area (Å²) in [5.74, 6) is 0.805. The van der Waals surface area contributed by atoms with Crippen molar-refractivity contribution in [1.82, 2.24) is 4.98 Å². The summed E-state index contributed by atoms with van der Waals surface area (Å²) < 4.78 is 0. The summed E-state index contributed by atoms with van der Waals surface area (Å²) in [6.07, 6.45) is 14.6. The number of unbranched alkanes of at least 4 members (excludes halogenated alkanes) is 1. The van der Waals surface area contributed by atoms with E-state index in [0.29, 0.717) is 5.41 Å². The Labute approximate surface area is 123 Å². The molecule has 0 spiro atoms. The minimum Gasteiger partial charge on any atom is -0.355 e. The first-order valence-electron chi connectivity index (χ1n) is 8.17. The van der Waals surface area contributed by atoms with Gasteiger partial charge in [0.25, 0.3) is 0 Å². The number of nitrogens with one attached hydrogen (secondary N) is 1. The molecule has 0 aromatic carbocycles. The van der Waals surface area contributed by atoms with Crippen molar-refractivity contribution >= 4 is 18.2 Å². The average molecular weight is 271 g/mol. The van der Waals surface area contributed by atoms with Crippen LogP contribution in [0.15, 0.2) is 12.6 Å². The summed E-state index contributed by atoms with van der Waals surface area (Å²) in [6, 6.07) is 2.24. The molecule has 0 saturated heterocycles. The molecule has 1 heterocycles. The number of rotatable bonds is 7. The molecule has 0 saturated carbocycles. The second kappa shape index (κ2) is 6.47. The van der Waals surface area contributed by atoms with E-state index in [0.717, 1.165) is 18.0 Å². The lowest BCUT2D eigenvalue weighted by Crippen LogP contribution is -2.35. The highest BCUT2D eigenvalue weighted by Gasteiger charge is 2.31. The first kappa shape index (κ1) is 15.2. The van der Waals surface area contributed by atoms with Gasteiger partial charge in [-0.25, -0.2) is 0 Å². The highest BCUT2D eigenvalue weighted by molar-refractivity contribution is 5.49. The van der Waals surface area contributed by atoms with Gasteiger partial charge >= 0.3 is 0 Å². The summed E-state index contributed by atoms with van der Waals surface area (Å²) >= 11 is 0. The van der Waals surface area contributed by atoms with E-state index in [1.165, 1.54) is 42.7 Å². The Morgan fingerprint density at radius 3 is 2.80 bits per heavy atom. The lowest BCUT2D eigenvalue weighted by molar-refractivity contribution is 0.242. The molecule has 0 aliphatic heterocycles. The maximum atomic E-state index is 3.86. The quantitative estimate of drug-likeness (QED) is 0.763. The van der Waals surface area contributed by atoms with Crippen molar-refractivity contribution in [3.8, 4) is 0 Å². The third-order valence-electron chi connectivity index (χ3n) is 4.83. The number of hydrogen-bond donors (Lipinski definition) is 1. The number of fused-ring (bicyclic) bond motifs is 1. The van der Waals surface area contributed by atoms with Gasteiger partial charge in [0.15, 0.2) is 0 Å². The molecule has 1 aromatic heterocycles. The van der Waals surface area contributed by atoms with Gasteiger partial charge < -0.3 is 4.98 Å². The molecule has 1 aliphatic rings. The molecule has 0 amide bonds. The Balaban J connectivity index is 2.31. The predicted octanol–water partition coefficient (Wildman–Crippen LogP) is 4.24. The Morgan fingerprint density at radius 1 is 1.35 bits per heavy atom. The fourth-order valence-corrected chi connectivity index (χ4v) is 3.53. The molecule has 110 valence electrons. The Bertz CT molecular complexity index is 563. The van der Waals surface area contributed by atoms with Crippen molar-refractivity contribution < 1.29 is 0 Å². The van der Waals surface area contributed by atoms with Gasteiger partial charge in [0.05, 0.1) is 0 Å². The van der Waals surface area contributed by atoms with Gasteiger partial charge in [0.1, 0.15) is 0 Å². The van der Waals surface area contributed by atoms with Crippen LogP contribution in [-0.4, -0.2) is 4.98 Å². The minimum atomic E-state index is 0.318. The number of hydrogen-bond acceptors (Lipinski definition) is 0. The van der Waals surface area contributed by atoms with Crippen molar-refractivity contribution in [3.63, 3.8) is 0 Å². The van der Waals surface area contributed by atoms with E-state index >= 15 is 0 Å². The third kappa shape index (κ3) is 3.08. The van der Waals surface area contributed by atoms with Crippen LogP contribution in [0.25, 0.3) is 18.2 Å². The average Bonchev–Trinajstić information content (AvgIpc) is 2.85. The first-order chi connectivity index (χ1) is 9.62. The normalized spacial score (nSPS) is 22.6. The summed E-state index contributed by atoms with van der Waals surface area (Å²) in [7, 11) is 0. The smallest absolute Gasteiger partial charge is 0.0415 e. The molecule has 1 N–H and O–H groups in total. The van der Waals surface area contributed by atoms with E-state index in [1.54, 1.807) is 0 Å². The van der Waals surface area contributed by atoms with Crippen LogP contribution in [0.3, 0.4) is 0 Å². The summed E-state index contributed by atoms with van der Waals surface area (Å²) in [5, 5.41) is 2.65. The van der Waals surface area contributed by atoms with Crippen molar-refractivity contribution in [3.05, 3.63) is 28.9 Å². The van der Waals surface area contributed by atoms with Crippen LogP contribution < -0.4 is 10.6 Å². The van der Waals surface area contributed by atoms with Crippen molar-refractivity contribution in [2.45, 2.75) is 59.3 Å². The molecule has 1 heteroatoms. The monoisotopic (exact) mass is 271 g/mol. The van der Waals surface area contributed by atoms with Gasteiger partial charge in [-0.1, -0.05) is 58.8 Å². The summed E-state index contributed by atoms with van der Waals surface area (Å²) in [6.45, 7) is 10.9. The van der Waals surface area contributed by atoms with Gasteiger partial charge in [-0.15, -0.1) is 0 Å². The SMILES string of the molecule is C=Cc1cc2c([nH]1)=CCC(C)(C(CCC)CCCC)C=2. The fraction of sp³-hybridized carbons (Fsp3) is 0.579. The standard InChI is InChI=1S/C19H29N/c1-5-8-10-16(9-6-2)19(4)12-11-18-15(14-19)13-17(7-3)20-18/h7,11,13-14,16,20H,3,5-6,8-10,12H2,1-2,4H3. The first-order valence-corrected chi connectivity index (χ1v) is 8.17. The van der Waals surface area contributed by atoms with Gasteiger partial charge in [-0.05, 0) is 48.0 Å². The maximum absolute atomic E-state index is 3.86. The van der Waals surface area contributed by atoms with E-state index in [9.17, 15) is 0 Å². The van der Waals surface area contributed by atoms with E-state index in [2.05, 4.69) is 50.6 Å². The van der Waals surface area contributed by atoms with E-state index in [1.807, 2.05) is 6.08 Å². The van der Waals surface area contributed by atoms with E-state index < -0.39 is 0 Å². The largest absolute Gasteiger partial charge is 0.355 e. The molecule has 0 bridgehead atoms. The fourth-order valence-electron chi connectivity index (χ4n) is 3.53. The second-order valence-corrected chi connectivity index (χ2v) is 6.48. The van der Waals surface area contributed by atoms with Gasteiger partial charge in [-0.2, -0.15) is 0 Å². The third-order valence-corrected chi connectivity index (χ3v) is 4.83. The van der Waals surface area contributed by atoms with Crippen LogP contribution >= 0.6 is 0 Å². The van der Waals surface area contributed by atoms with Crippen molar-refractivity contribution in [2.24, 2.45) is 11.3 Å². The van der Waals surface area contributed by atoms with E-state index in [-0.39, 0.29) is 0 Å². The Kier molecular flexibility index (Phi) is 4.91. The molecule has 1 nitrogen and oxygen atoms in total. The van der Waals surface area contributed by atoms with Crippen LogP contribution in [0.4, 0.5) is 0 Å². The van der Waals surface area contributed by atoms with Crippen LogP contribution in [0.5, 0.6) is 0 Å². The molecule has 2 rings (SSSR count). The van der Waals surface area contributed by atoms with Crippen LogP contribution in [0.2, 0.25) is 0 Å². The molecular weight excluding hydrogens is 242 g/mol. The summed E-state index contributed by atoms with van der Waals surface area (Å²) in [4.78, 5) is 3.43. The van der Waals surface area contributed by atoms with E-state index in [4.69, 9.17) is 0 Å². The highest BCUT2D eigenvalue weighted by Crippen LogP contribution is 2.40. The zero-order chi connectivity index (χ0) is 14.6. The zero-order valence-electron chi connectivity index (χ0n) is 13.3. The maximum Gasteiger partial charge on any atom is 0.0415 e. The second-order valence-electron chi connectivity index (χ2n) is 6.48. The van der Waals surface area contributed by atoms with Gasteiger partial charge in [0, 0.05) is 11.0 Å². The van der Waals surface area contributed by atoms with Gasteiger partial charge in [-0.3, -0.25) is 0 Å². The lowest BCUT2D eigenvalue weighted by atomic mass is 9.69. The highest BCUT2D eigenvalue weighted by atomic mass is 14.7. The molecular formula is C19H29N. The lowest BCUT2D eigenvalue weighted by Gasteiger charge is -2.36. The molecule has 20 heavy (non-hydrogen) atoms. The van der Waals surface area contributed by atoms with Crippen molar-refractivity contribution in [2.75, 3.05) is 0 Å². The van der Waals surface area contributed by atoms with Crippen molar-refractivity contribution in [1.29, 1.82) is 0 Å². The molecule has 2 atom stereocenters. The Hall–Kier alpha value is -1.24. The van der Waals surface area contributed by atoms with Crippen LogP contribution in [0, 0.1) is 11.3 Å². The number of H-pyrrole nitrogens is 1. The van der Waals surface area contributed by atoms with Gasteiger partial charge in [0.2, 0.25) is 0 Å². The Morgan fingerprint density at radius 2 is 2.15 bits per heavy atom. The molecule has 2 unspecified atom stereocenters. The molecule has 0 radical (unpaired) electrons. The minimum absolute atomic E-state index is 0.318. The summed E-state index contributed by atoms with van der Waals surface area (Å²) in [5.41, 5.74) is 1.45.